The highest BCUT2D eigenvalue weighted by Crippen LogP contribution is 2.29. The van der Waals surface area contributed by atoms with E-state index in [4.69, 9.17) is 4.74 Å². The van der Waals surface area contributed by atoms with Crippen molar-refractivity contribution >= 4 is 0 Å². The number of hydrogen-bond acceptors (Lipinski definition) is 3. The van der Waals surface area contributed by atoms with Crippen molar-refractivity contribution in [1.82, 2.24) is 10.2 Å². The van der Waals surface area contributed by atoms with E-state index in [1.54, 1.807) is 0 Å². The Hall–Kier alpha value is -0.120. The summed E-state index contributed by atoms with van der Waals surface area (Å²) >= 11 is 0. The number of rotatable bonds is 5. The molecule has 3 nitrogen and oxygen atoms in total. The predicted octanol–water partition coefficient (Wildman–Crippen LogP) is 2.12. The maximum atomic E-state index is 5.59. The largest absolute Gasteiger partial charge is 0.380 e. The lowest BCUT2D eigenvalue weighted by molar-refractivity contribution is -0.00643. The van der Waals surface area contributed by atoms with E-state index in [0.717, 1.165) is 24.4 Å². The number of nitrogens with zero attached hydrogens (tertiary/aromatic N) is 1. The van der Waals surface area contributed by atoms with Gasteiger partial charge < -0.3 is 15.0 Å². The number of hydrogen-bond donors (Lipinski definition) is 1. The van der Waals surface area contributed by atoms with E-state index in [-0.39, 0.29) is 0 Å². The topological polar surface area (TPSA) is 24.5 Å². The van der Waals surface area contributed by atoms with Gasteiger partial charge in [-0.25, -0.2) is 0 Å². The molecule has 0 bridgehead atoms. The molecule has 1 heterocycles. The zero-order chi connectivity index (χ0) is 13.0. The minimum atomic E-state index is 0.447. The average Bonchev–Trinajstić information content (AvgIpc) is 2.85. The summed E-state index contributed by atoms with van der Waals surface area (Å²) in [7, 11) is 3.98. The minimum absolute atomic E-state index is 0.447. The van der Waals surface area contributed by atoms with Crippen LogP contribution in [0, 0.1) is 11.8 Å². The molecule has 1 N–H and O–H groups in total. The molecular formula is C15H30N2O. The molecule has 18 heavy (non-hydrogen) atoms. The number of piperidine rings is 1. The van der Waals surface area contributed by atoms with Gasteiger partial charge in [0.05, 0.1) is 6.10 Å². The third-order valence-corrected chi connectivity index (χ3v) is 5.12. The molecule has 0 spiro atoms. The Labute approximate surface area is 112 Å². The molecule has 2 fully saturated rings. The Balaban J connectivity index is 1.73. The van der Waals surface area contributed by atoms with Crippen LogP contribution in [0.2, 0.25) is 0 Å². The molecule has 0 aromatic carbocycles. The monoisotopic (exact) mass is 254 g/mol. The highest BCUT2D eigenvalue weighted by molar-refractivity contribution is 4.84. The lowest BCUT2D eigenvalue weighted by atomic mass is 9.94. The summed E-state index contributed by atoms with van der Waals surface area (Å²) in [5.41, 5.74) is 0. The van der Waals surface area contributed by atoms with Gasteiger partial charge in [0, 0.05) is 19.7 Å². The predicted molar refractivity (Wildman–Crippen MR) is 75.8 cm³/mol. The van der Waals surface area contributed by atoms with Gasteiger partial charge >= 0.3 is 0 Å². The summed E-state index contributed by atoms with van der Waals surface area (Å²) in [4.78, 5) is 2.61. The van der Waals surface area contributed by atoms with Crippen LogP contribution in [0.25, 0.3) is 0 Å². The first kappa shape index (κ1) is 14.3. The van der Waals surface area contributed by atoms with E-state index in [1.165, 1.54) is 45.2 Å². The van der Waals surface area contributed by atoms with E-state index >= 15 is 0 Å². The number of nitrogens with one attached hydrogen (secondary N) is 1. The highest BCUT2D eigenvalue weighted by atomic mass is 16.5. The molecule has 1 saturated heterocycles. The van der Waals surface area contributed by atoms with E-state index < -0.39 is 0 Å². The van der Waals surface area contributed by atoms with Gasteiger partial charge in [0.1, 0.15) is 0 Å². The van der Waals surface area contributed by atoms with Gasteiger partial charge in [-0.1, -0.05) is 13.3 Å². The molecular weight excluding hydrogens is 224 g/mol. The summed E-state index contributed by atoms with van der Waals surface area (Å²) < 4.78 is 5.59. The fourth-order valence-electron chi connectivity index (χ4n) is 3.72. The first-order valence-electron chi connectivity index (χ1n) is 7.67. The number of ether oxygens (including phenoxy) is 1. The molecule has 4 atom stereocenters. The van der Waals surface area contributed by atoms with Crippen molar-refractivity contribution in [3.8, 4) is 0 Å². The Kier molecular flexibility index (Phi) is 5.46. The molecule has 0 aromatic heterocycles. The lowest BCUT2D eigenvalue weighted by Gasteiger charge is -2.37. The third-order valence-electron chi connectivity index (χ3n) is 5.12. The Bertz CT molecular complexity index is 247. The minimum Gasteiger partial charge on any atom is -0.380 e. The zero-order valence-electron chi connectivity index (χ0n) is 12.3. The standard InChI is InChI=1S/C15H30N2O/c1-12-7-9-17(11-15(12)18-3)10-8-13-5-4-6-14(13)16-2/h12-16H,4-11H2,1-3H3. The van der Waals surface area contributed by atoms with Crippen LogP contribution in [-0.2, 0) is 4.74 Å². The van der Waals surface area contributed by atoms with E-state index in [0.29, 0.717) is 6.10 Å². The summed E-state index contributed by atoms with van der Waals surface area (Å²) in [6, 6.07) is 0.770. The molecule has 0 radical (unpaired) electrons. The number of likely N-dealkylation sites (tertiary alicyclic amines) is 1. The van der Waals surface area contributed by atoms with Gasteiger partial charge in [-0.05, 0) is 57.7 Å². The number of methoxy groups -OCH3 is 1. The van der Waals surface area contributed by atoms with Crippen molar-refractivity contribution in [3.05, 3.63) is 0 Å². The molecule has 2 aliphatic rings. The van der Waals surface area contributed by atoms with Crippen LogP contribution in [0.5, 0.6) is 0 Å². The van der Waals surface area contributed by atoms with Gasteiger partial charge in [0.25, 0.3) is 0 Å². The SMILES string of the molecule is CNC1CCCC1CCN1CCC(C)C(OC)C1. The van der Waals surface area contributed by atoms with Crippen LogP contribution in [0.1, 0.15) is 39.0 Å². The first-order valence-corrected chi connectivity index (χ1v) is 7.67. The first-order chi connectivity index (χ1) is 8.74. The van der Waals surface area contributed by atoms with Crippen LogP contribution in [-0.4, -0.2) is 50.8 Å². The van der Waals surface area contributed by atoms with Gasteiger partial charge in [-0.2, -0.15) is 0 Å². The molecule has 0 aromatic rings. The van der Waals surface area contributed by atoms with Crippen molar-refractivity contribution in [2.75, 3.05) is 33.8 Å². The quantitative estimate of drug-likeness (QED) is 0.813. The van der Waals surface area contributed by atoms with Gasteiger partial charge in [0.2, 0.25) is 0 Å². The van der Waals surface area contributed by atoms with Crippen molar-refractivity contribution in [2.24, 2.45) is 11.8 Å². The van der Waals surface area contributed by atoms with E-state index in [9.17, 15) is 0 Å². The Morgan fingerprint density at radius 2 is 2.11 bits per heavy atom. The molecule has 0 amide bonds. The van der Waals surface area contributed by atoms with Gasteiger partial charge in [-0.3, -0.25) is 0 Å². The van der Waals surface area contributed by atoms with Crippen molar-refractivity contribution < 1.29 is 4.74 Å². The second kappa shape index (κ2) is 6.88. The lowest BCUT2D eigenvalue weighted by Crippen LogP contribution is -2.44. The van der Waals surface area contributed by atoms with Crippen LogP contribution >= 0.6 is 0 Å². The molecule has 2 rings (SSSR count). The van der Waals surface area contributed by atoms with Crippen molar-refractivity contribution in [3.63, 3.8) is 0 Å². The maximum absolute atomic E-state index is 5.59. The third kappa shape index (κ3) is 3.46. The highest BCUT2D eigenvalue weighted by Gasteiger charge is 2.29. The summed E-state index contributed by atoms with van der Waals surface area (Å²) in [5.74, 6) is 1.62. The fraction of sp³-hybridized carbons (Fsp3) is 1.00. The second-order valence-corrected chi connectivity index (χ2v) is 6.22. The molecule has 1 saturated carbocycles. The molecule has 3 heteroatoms. The van der Waals surface area contributed by atoms with E-state index in [2.05, 4.69) is 24.2 Å². The Morgan fingerprint density at radius 1 is 1.28 bits per heavy atom. The molecule has 1 aliphatic heterocycles. The van der Waals surface area contributed by atoms with Crippen molar-refractivity contribution in [2.45, 2.75) is 51.2 Å². The maximum Gasteiger partial charge on any atom is 0.0724 e. The molecule has 4 unspecified atom stereocenters. The smallest absolute Gasteiger partial charge is 0.0724 e. The Morgan fingerprint density at radius 3 is 2.83 bits per heavy atom. The van der Waals surface area contributed by atoms with Gasteiger partial charge in [-0.15, -0.1) is 0 Å². The van der Waals surface area contributed by atoms with Gasteiger partial charge in [0.15, 0.2) is 0 Å². The second-order valence-electron chi connectivity index (χ2n) is 6.22. The van der Waals surface area contributed by atoms with Crippen molar-refractivity contribution in [1.29, 1.82) is 0 Å². The van der Waals surface area contributed by atoms with Crippen LogP contribution in [0.4, 0.5) is 0 Å². The summed E-state index contributed by atoms with van der Waals surface area (Å²) in [6.07, 6.45) is 7.30. The summed E-state index contributed by atoms with van der Waals surface area (Å²) in [6.45, 7) is 5.97. The van der Waals surface area contributed by atoms with E-state index in [1.807, 2.05) is 7.11 Å². The fourth-order valence-corrected chi connectivity index (χ4v) is 3.72. The molecule has 1 aliphatic carbocycles. The average molecular weight is 254 g/mol. The van der Waals surface area contributed by atoms with Crippen LogP contribution in [0.3, 0.4) is 0 Å². The van der Waals surface area contributed by atoms with Crippen LogP contribution < -0.4 is 5.32 Å². The zero-order valence-corrected chi connectivity index (χ0v) is 12.3. The summed E-state index contributed by atoms with van der Waals surface area (Å²) in [5, 5.41) is 3.49. The normalized spacial score (nSPS) is 38.2. The van der Waals surface area contributed by atoms with Crippen LogP contribution in [0.15, 0.2) is 0 Å². The molecule has 106 valence electrons.